The van der Waals surface area contributed by atoms with E-state index in [4.69, 9.17) is 4.74 Å². The molecule has 1 heterocycles. The molecule has 1 aliphatic heterocycles. The number of imide groups is 1. The van der Waals surface area contributed by atoms with Gasteiger partial charge in [-0.2, -0.15) is 0 Å². The quantitative estimate of drug-likeness (QED) is 0.501. The Hall–Kier alpha value is -4.13. The standard InChI is InChI=1S/C27H27N3O4/c1-3-19-12-14-21(15-13-19)28-25(31)17-24-26(32)30(22-9-5-4-6-10-22)27(33)29(24)18-20-8-7-11-23(16-20)34-2/h4-16,24H,3,17-18H2,1-2H3,(H,28,31). The fourth-order valence-corrected chi connectivity index (χ4v) is 4.01. The first-order valence-corrected chi connectivity index (χ1v) is 11.2. The highest BCUT2D eigenvalue weighted by Crippen LogP contribution is 2.29. The zero-order valence-corrected chi connectivity index (χ0v) is 19.2. The van der Waals surface area contributed by atoms with Gasteiger partial charge in [0.25, 0.3) is 5.91 Å². The van der Waals surface area contributed by atoms with Crippen molar-refractivity contribution < 1.29 is 19.1 Å². The summed E-state index contributed by atoms with van der Waals surface area (Å²) in [6.45, 7) is 2.24. The number of rotatable bonds is 8. The predicted molar refractivity (Wildman–Crippen MR) is 131 cm³/mol. The molecule has 0 aromatic heterocycles. The zero-order valence-electron chi connectivity index (χ0n) is 19.2. The molecular formula is C27H27N3O4. The third-order valence-electron chi connectivity index (χ3n) is 5.84. The summed E-state index contributed by atoms with van der Waals surface area (Å²) in [5, 5.41) is 2.85. The van der Waals surface area contributed by atoms with Gasteiger partial charge in [0, 0.05) is 12.2 Å². The average molecular weight is 458 g/mol. The maximum atomic E-state index is 13.4. The molecule has 34 heavy (non-hydrogen) atoms. The molecule has 0 saturated carbocycles. The van der Waals surface area contributed by atoms with E-state index in [9.17, 15) is 14.4 Å². The van der Waals surface area contributed by atoms with E-state index in [1.54, 1.807) is 31.4 Å². The molecular weight excluding hydrogens is 430 g/mol. The van der Waals surface area contributed by atoms with Crippen LogP contribution in [0.25, 0.3) is 0 Å². The summed E-state index contributed by atoms with van der Waals surface area (Å²) in [7, 11) is 1.57. The van der Waals surface area contributed by atoms with Crippen LogP contribution in [0.2, 0.25) is 0 Å². The fraction of sp³-hybridized carbons (Fsp3) is 0.222. The Labute approximate surface area is 198 Å². The average Bonchev–Trinajstić information content (AvgIpc) is 3.09. The first-order chi connectivity index (χ1) is 16.5. The number of anilines is 2. The Bertz CT molecular complexity index is 1180. The largest absolute Gasteiger partial charge is 0.497 e. The van der Waals surface area contributed by atoms with Gasteiger partial charge < -0.3 is 15.0 Å². The molecule has 0 radical (unpaired) electrons. The highest BCUT2D eigenvalue weighted by Gasteiger charge is 2.46. The second-order valence-electron chi connectivity index (χ2n) is 8.09. The normalized spacial score (nSPS) is 15.5. The Morgan fingerprint density at radius 3 is 2.35 bits per heavy atom. The molecule has 1 atom stereocenters. The van der Waals surface area contributed by atoms with E-state index in [-0.39, 0.29) is 18.9 Å². The van der Waals surface area contributed by atoms with E-state index >= 15 is 0 Å². The van der Waals surface area contributed by atoms with E-state index < -0.39 is 18.0 Å². The van der Waals surface area contributed by atoms with Gasteiger partial charge in [-0.3, -0.25) is 9.59 Å². The summed E-state index contributed by atoms with van der Waals surface area (Å²) in [5.41, 5.74) is 3.10. The third kappa shape index (κ3) is 4.93. The molecule has 7 nitrogen and oxygen atoms in total. The number of benzene rings is 3. The van der Waals surface area contributed by atoms with Gasteiger partial charge >= 0.3 is 6.03 Å². The van der Waals surface area contributed by atoms with Crippen molar-refractivity contribution in [2.24, 2.45) is 0 Å². The number of carbonyl (C=O) groups excluding carboxylic acids is 3. The van der Waals surface area contributed by atoms with Crippen molar-refractivity contribution in [3.8, 4) is 5.75 Å². The number of nitrogens with one attached hydrogen (secondary N) is 1. The Morgan fingerprint density at radius 1 is 0.941 bits per heavy atom. The van der Waals surface area contributed by atoms with Gasteiger partial charge in [-0.1, -0.05) is 49.4 Å². The SMILES string of the molecule is CCc1ccc(NC(=O)CC2C(=O)N(c3ccccc3)C(=O)N2Cc2cccc(OC)c2)cc1. The van der Waals surface area contributed by atoms with Crippen LogP contribution in [0.3, 0.4) is 0 Å². The number of methoxy groups -OCH3 is 1. The summed E-state index contributed by atoms with van der Waals surface area (Å²) in [5.74, 6) is -0.100. The van der Waals surface area contributed by atoms with Gasteiger partial charge in [-0.05, 0) is 53.9 Å². The lowest BCUT2D eigenvalue weighted by Gasteiger charge is -2.22. The number of hydrogen-bond donors (Lipinski definition) is 1. The molecule has 0 bridgehead atoms. The van der Waals surface area contributed by atoms with Gasteiger partial charge in [-0.25, -0.2) is 9.69 Å². The molecule has 1 N–H and O–H groups in total. The minimum Gasteiger partial charge on any atom is -0.497 e. The van der Waals surface area contributed by atoms with Crippen molar-refractivity contribution in [1.82, 2.24) is 4.90 Å². The van der Waals surface area contributed by atoms with E-state index in [0.29, 0.717) is 17.1 Å². The van der Waals surface area contributed by atoms with Crippen molar-refractivity contribution >= 4 is 29.2 Å². The number of carbonyl (C=O) groups is 3. The maximum Gasteiger partial charge on any atom is 0.332 e. The summed E-state index contributed by atoms with van der Waals surface area (Å²) < 4.78 is 5.29. The maximum absolute atomic E-state index is 13.4. The van der Waals surface area contributed by atoms with Crippen LogP contribution in [-0.4, -0.2) is 35.9 Å². The Morgan fingerprint density at radius 2 is 1.68 bits per heavy atom. The molecule has 0 aliphatic carbocycles. The summed E-state index contributed by atoms with van der Waals surface area (Å²) >= 11 is 0. The van der Waals surface area contributed by atoms with Crippen molar-refractivity contribution in [3.63, 3.8) is 0 Å². The van der Waals surface area contributed by atoms with Gasteiger partial charge in [0.1, 0.15) is 11.8 Å². The van der Waals surface area contributed by atoms with Gasteiger partial charge in [0.2, 0.25) is 5.91 Å². The first-order valence-electron chi connectivity index (χ1n) is 11.2. The number of urea groups is 1. The minimum atomic E-state index is -0.922. The molecule has 1 saturated heterocycles. The molecule has 7 heteroatoms. The lowest BCUT2D eigenvalue weighted by Crippen LogP contribution is -2.37. The highest BCUT2D eigenvalue weighted by molar-refractivity contribution is 6.22. The van der Waals surface area contributed by atoms with Gasteiger partial charge in [0.05, 0.1) is 19.2 Å². The lowest BCUT2D eigenvalue weighted by atomic mass is 10.1. The summed E-state index contributed by atoms with van der Waals surface area (Å²) in [4.78, 5) is 42.2. The molecule has 4 amide bonds. The Kier molecular flexibility index (Phi) is 6.92. The number of ether oxygens (including phenoxy) is 1. The molecule has 3 aromatic rings. The first kappa shape index (κ1) is 23.0. The van der Waals surface area contributed by atoms with E-state index in [1.165, 1.54) is 4.90 Å². The van der Waals surface area contributed by atoms with Crippen LogP contribution in [0.5, 0.6) is 5.75 Å². The van der Waals surface area contributed by atoms with Crippen LogP contribution >= 0.6 is 0 Å². The number of para-hydroxylation sites is 1. The van der Waals surface area contributed by atoms with Crippen LogP contribution in [0, 0.1) is 0 Å². The van der Waals surface area contributed by atoms with Crippen LogP contribution < -0.4 is 15.0 Å². The molecule has 1 fully saturated rings. The lowest BCUT2D eigenvalue weighted by molar-refractivity contribution is -0.124. The number of hydrogen-bond acceptors (Lipinski definition) is 4. The number of aryl methyl sites for hydroxylation is 1. The minimum absolute atomic E-state index is 0.145. The van der Waals surface area contributed by atoms with Crippen LogP contribution in [0.4, 0.5) is 16.2 Å². The predicted octanol–water partition coefficient (Wildman–Crippen LogP) is 4.62. The zero-order chi connectivity index (χ0) is 24.1. The van der Waals surface area contributed by atoms with Gasteiger partial charge in [0.15, 0.2) is 0 Å². The second kappa shape index (κ2) is 10.2. The second-order valence-corrected chi connectivity index (χ2v) is 8.09. The van der Waals surface area contributed by atoms with E-state index in [0.717, 1.165) is 22.4 Å². The topological polar surface area (TPSA) is 79.0 Å². The molecule has 174 valence electrons. The van der Waals surface area contributed by atoms with Gasteiger partial charge in [-0.15, -0.1) is 0 Å². The monoisotopic (exact) mass is 457 g/mol. The smallest absolute Gasteiger partial charge is 0.332 e. The molecule has 3 aromatic carbocycles. The highest BCUT2D eigenvalue weighted by atomic mass is 16.5. The number of amides is 4. The molecule has 4 rings (SSSR count). The summed E-state index contributed by atoms with van der Waals surface area (Å²) in [6.07, 6.45) is 0.759. The fourth-order valence-electron chi connectivity index (χ4n) is 4.01. The van der Waals surface area contributed by atoms with E-state index in [1.807, 2.05) is 54.6 Å². The van der Waals surface area contributed by atoms with E-state index in [2.05, 4.69) is 12.2 Å². The molecule has 1 aliphatic rings. The van der Waals surface area contributed by atoms with Crippen molar-refractivity contribution in [1.29, 1.82) is 0 Å². The van der Waals surface area contributed by atoms with Crippen LogP contribution in [-0.2, 0) is 22.6 Å². The Balaban J connectivity index is 1.58. The number of nitrogens with zero attached hydrogens (tertiary/aromatic N) is 2. The van der Waals surface area contributed by atoms with Crippen LogP contribution in [0.15, 0.2) is 78.9 Å². The van der Waals surface area contributed by atoms with Crippen molar-refractivity contribution in [3.05, 3.63) is 90.0 Å². The van der Waals surface area contributed by atoms with Crippen molar-refractivity contribution in [2.45, 2.75) is 32.4 Å². The molecule has 0 spiro atoms. The van der Waals surface area contributed by atoms with Crippen molar-refractivity contribution in [2.75, 3.05) is 17.3 Å². The van der Waals surface area contributed by atoms with Crippen LogP contribution in [0.1, 0.15) is 24.5 Å². The summed E-state index contributed by atoms with van der Waals surface area (Å²) in [6, 6.07) is 22.3. The third-order valence-corrected chi connectivity index (χ3v) is 5.84. The molecule has 1 unspecified atom stereocenters.